The van der Waals surface area contributed by atoms with Crippen LogP contribution in [0.2, 0.25) is 0 Å². The average molecular weight is 378 g/mol. The van der Waals surface area contributed by atoms with Crippen molar-refractivity contribution in [1.82, 2.24) is 10.1 Å². The van der Waals surface area contributed by atoms with Crippen molar-refractivity contribution in [3.8, 4) is 28.6 Å². The first kappa shape index (κ1) is 13.1. The number of hydrogen-bond acceptors (Lipinski definition) is 4. The van der Waals surface area contributed by atoms with Crippen molar-refractivity contribution in [2.75, 3.05) is 7.11 Å². The Morgan fingerprint density at radius 1 is 1.05 bits per heavy atom. The van der Waals surface area contributed by atoms with Crippen molar-refractivity contribution in [2.24, 2.45) is 0 Å². The molecule has 1 heterocycles. The van der Waals surface area contributed by atoms with E-state index in [2.05, 4.69) is 32.7 Å². The summed E-state index contributed by atoms with van der Waals surface area (Å²) < 4.78 is 11.7. The number of halogens is 1. The van der Waals surface area contributed by atoms with Gasteiger partial charge in [-0.3, -0.25) is 0 Å². The molecule has 0 aliphatic rings. The fraction of sp³-hybridized carbons (Fsp3) is 0.0667. The van der Waals surface area contributed by atoms with Crippen LogP contribution < -0.4 is 4.74 Å². The highest BCUT2D eigenvalue weighted by atomic mass is 127. The lowest BCUT2D eigenvalue weighted by Crippen LogP contribution is -1.85. The normalized spacial score (nSPS) is 10.5. The Kier molecular flexibility index (Phi) is 3.68. The number of aromatic nitrogens is 2. The molecule has 0 amide bonds. The summed E-state index contributed by atoms with van der Waals surface area (Å²) in [7, 11) is 1.63. The molecule has 1 aromatic heterocycles. The Morgan fingerprint density at radius 2 is 1.85 bits per heavy atom. The molecular formula is C15H11IN2O2. The minimum atomic E-state index is 0.515. The Labute approximate surface area is 129 Å². The standard InChI is InChI=1S/C15H11IN2O2/c1-19-13-7-3-4-10(9-13)14-17-15(20-18-14)11-5-2-6-12(16)8-11/h2-9H,1H3. The third-order valence-corrected chi connectivity index (χ3v) is 3.50. The molecule has 0 aliphatic carbocycles. The maximum Gasteiger partial charge on any atom is 0.258 e. The second kappa shape index (κ2) is 5.62. The predicted octanol–water partition coefficient (Wildman–Crippen LogP) is 4.02. The molecule has 0 saturated heterocycles. The SMILES string of the molecule is COc1cccc(-c2noc(-c3cccc(I)c3)n2)c1. The summed E-state index contributed by atoms with van der Waals surface area (Å²) in [6, 6.07) is 15.5. The molecule has 5 heteroatoms. The van der Waals surface area contributed by atoms with Gasteiger partial charge in [0.25, 0.3) is 5.89 Å². The summed E-state index contributed by atoms with van der Waals surface area (Å²) in [6.07, 6.45) is 0. The van der Waals surface area contributed by atoms with Crippen molar-refractivity contribution in [3.05, 3.63) is 52.1 Å². The first-order valence-electron chi connectivity index (χ1n) is 6.00. The lowest BCUT2D eigenvalue weighted by atomic mass is 10.2. The molecule has 0 atom stereocenters. The Hall–Kier alpha value is -1.89. The van der Waals surface area contributed by atoms with Gasteiger partial charge in [-0.2, -0.15) is 4.98 Å². The average Bonchev–Trinajstić information content (AvgIpc) is 2.97. The van der Waals surface area contributed by atoms with E-state index in [0.717, 1.165) is 20.4 Å². The molecular weight excluding hydrogens is 367 g/mol. The Bertz CT molecular complexity index is 740. The first-order valence-corrected chi connectivity index (χ1v) is 7.08. The summed E-state index contributed by atoms with van der Waals surface area (Å²) in [5, 5.41) is 4.02. The molecule has 0 saturated carbocycles. The predicted molar refractivity (Wildman–Crippen MR) is 84.4 cm³/mol. The maximum atomic E-state index is 5.33. The molecule has 100 valence electrons. The van der Waals surface area contributed by atoms with Crippen LogP contribution in [0, 0.1) is 3.57 Å². The summed E-state index contributed by atoms with van der Waals surface area (Å²) in [4.78, 5) is 4.43. The number of hydrogen-bond donors (Lipinski definition) is 0. The topological polar surface area (TPSA) is 48.2 Å². The van der Waals surface area contributed by atoms with E-state index in [1.807, 2.05) is 48.5 Å². The molecule has 3 rings (SSSR count). The van der Waals surface area contributed by atoms with Crippen molar-refractivity contribution >= 4 is 22.6 Å². The zero-order chi connectivity index (χ0) is 13.9. The van der Waals surface area contributed by atoms with Gasteiger partial charge < -0.3 is 9.26 Å². The fourth-order valence-electron chi connectivity index (χ4n) is 1.84. The summed E-state index contributed by atoms with van der Waals surface area (Å²) in [5.41, 5.74) is 1.78. The molecule has 0 aliphatic heterocycles. The molecule has 0 fully saturated rings. The van der Waals surface area contributed by atoms with E-state index in [1.54, 1.807) is 7.11 Å². The first-order chi connectivity index (χ1) is 9.76. The van der Waals surface area contributed by atoms with Crippen LogP contribution in [0.15, 0.2) is 53.1 Å². The molecule has 4 nitrogen and oxygen atoms in total. The maximum absolute atomic E-state index is 5.33. The van der Waals surface area contributed by atoms with Gasteiger partial charge in [0.05, 0.1) is 7.11 Å². The molecule has 0 radical (unpaired) electrons. The summed E-state index contributed by atoms with van der Waals surface area (Å²) >= 11 is 2.25. The monoisotopic (exact) mass is 378 g/mol. The third-order valence-electron chi connectivity index (χ3n) is 2.83. The lowest BCUT2D eigenvalue weighted by Gasteiger charge is -1.99. The summed E-state index contributed by atoms with van der Waals surface area (Å²) in [6.45, 7) is 0. The van der Waals surface area contributed by atoms with Crippen LogP contribution in [-0.2, 0) is 0 Å². The van der Waals surface area contributed by atoms with Gasteiger partial charge in [-0.05, 0) is 52.9 Å². The molecule has 0 N–H and O–H groups in total. The lowest BCUT2D eigenvalue weighted by molar-refractivity contribution is 0.414. The van der Waals surface area contributed by atoms with Gasteiger partial charge in [0.2, 0.25) is 5.82 Å². The number of methoxy groups -OCH3 is 1. The van der Waals surface area contributed by atoms with Crippen LogP contribution in [0.3, 0.4) is 0 Å². The molecule has 0 unspecified atom stereocenters. The molecule has 3 aromatic rings. The van der Waals surface area contributed by atoms with Crippen molar-refractivity contribution < 1.29 is 9.26 Å². The van der Waals surface area contributed by atoms with Crippen LogP contribution in [-0.4, -0.2) is 17.3 Å². The van der Waals surface area contributed by atoms with E-state index < -0.39 is 0 Å². The van der Waals surface area contributed by atoms with Gasteiger partial charge in [-0.25, -0.2) is 0 Å². The number of benzene rings is 2. The number of rotatable bonds is 3. The van der Waals surface area contributed by atoms with E-state index >= 15 is 0 Å². The van der Waals surface area contributed by atoms with Crippen LogP contribution >= 0.6 is 22.6 Å². The molecule has 0 spiro atoms. The number of nitrogens with zero attached hydrogens (tertiary/aromatic N) is 2. The second-order valence-corrected chi connectivity index (χ2v) is 5.41. The molecule has 2 aromatic carbocycles. The van der Waals surface area contributed by atoms with E-state index in [1.165, 1.54) is 0 Å². The molecule has 20 heavy (non-hydrogen) atoms. The quantitative estimate of drug-likeness (QED) is 0.646. The van der Waals surface area contributed by atoms with Crippen molar-refractivity contribution in [3.63, 3.8) is 0 Å². The van der Waals surface area contributed by atoms with E-state index in [0.29, 0.717) is 11.7 Å². The molecule has 0 bridgehead atoms. The van der Waals surface area contributed by atoms with Gasteiger partial charge in [0.1, 0.15) is 5.75 Å². The highest BCUT2D eigenvalue weighted by Gasteiger charge is 2.11. The highest BCUT2D eigenvalue weighted by molar-refractivity contribution is 14.1. The van der Waals surface area contributed by atoms with Gasteiger partial charge in [0, 0.05) is 14.7 Å². The van der Waals surface area contributed by atoms with E-state index in [-0.39, 0.29) is 0 Å². The second-order valence-electron chi connectivity index (χ2n) is 4.17. The van der Waals surface area contributed by atoms with Gasteiger partial charge in [-0.1, -0.05) is 23.4 Å². The highest BCUT2D eigenvalue weighted by Crippen LogP contribution is 2.25. The van der Waals surface area contributed by atoms with Crippen LogP contribution in [0.5, 0.6) is 5.75 Å². The summed E-state index contributed by atoms with van der Waals surface area (Å²) in [5.74, 6) is 1.84. The fourth-order valence-corrected chi connectivity index (χ4v) is 2.38. The Morgan fingerprint density at radius 3 is 2.65 bits per heavy atom. The minimum absolute atomic E-state index is 0.515. The van der Waals surface area contributed by atoms with Crippen molar-refractivity contribution in [2.45, 2.75) is 0 Å². The largest absolute Gasteiger partial charge is 0.497 e. The number of ether oxygens (including phenoxy) is 1. The van der Waals surface area contributed by atoms with Crippen LogP contribution in [0.25, 0.3) is 22.8 Å². The zero-order valence-electron chi connectivity index (χ0n) is 10.7. The Balaban J connectivity index is 1.97. The zero-order valence-corrected chi connectivity index (χ0v) is 12.9. The van der Waals surface area contributed by atoms with Crippen LogP contribution in [0.1, 0.15) is 0 Å². The van der Waals surface area contributed by atoms with Gasteiger partial charge in [-0.15, -0.1) is 0 Å². The van der Waals surface area contributed by atoms with Crippen molar-refractivity contribution in [1.29, 1.82) is 0 Å². The van der Waals surface area contributed by atoms with Gasteiger partial charge >= 0.3 is 0 Å². The van der Waals surface area contributed by atoms with Gasteiger partial charge in [0.15, 0.2) is 0 Å². The minimum Gasteiger partial charge on any atom is -0.497 e. The third kappa shape index (κ3) is 2.67. The van der Waals surface area contributed by atoms with E-state index in [9.17, 15) is 0 Å². The smallest absolute Gasteiger partial charge is 0.258 e. The van der Waals surface area contributed by atoms with E-state index in [4.69, 9.17) is 9.26 Å². The van der Waals surface area contributed by atoms with Crippen LogP contribution in [0.4, 0.5) is 0 Å².